The fourth-order valence-corrected chi connectivity index (χ4v) is 11.3. The molecule has 1 N–H and O–H groups in total. The van der Waals surface area contributed by atoms with Gasteiger partial charge in [-0.05, 0) is 89.5 Å². The van der Waals surface area contributed by atoms with Crippen LogP contribution < -0.4 is 21.2 Å². The van der Waals surface area contributed by atoms with Gasteiger partial charge in [0.2, 0.25) is 0 Å². The second-order valence-electron chi connectivity index (χ2n) is 14.4. The molecule has 3 aromatic heterocycles. The van der Waals surface area contributed by atoms with E-state index in [2.05, 4.69) is 79.8 Å². The van der Waals surface area contributed by atoms with Crippen molar-refractivity contribution in [1.29, 1.82) is 0 Å². The summed E-state index contributed by atoms with van der Waals surface area (Å²) in [5, 5.41) is 12.8. The maximum atomic E-state index is 15.3. The first-order chi connectivity index (χ1) is 27.5. The molecule has 1 aliphatic heterocycles. The molecule has 268 valence electrons. The number of dihydropyridines is 1. The minimum Gasteiger partial charge on any atom is -0.379 e. The molecule has 0 saturated heterocycles. The van der Waals surface area contributed by atoms with E-state index in [0.29, 0.717) is 0 Å². The number of allylic oxidation sites excluding steroid dienone is 2. The number of hydrogen-bond acceptors (Lipinski definition) is 5. The Labute approximate surface area is 325 Å². The molecule has 5 nitrogen and oxygen atoms in total. The number of aromatic nitrogens is 3. The van der Waals surface area contributed by atoms with Gasteiger partial charge in [-0.25, -0.2) is 9.97 Å². The van der Waals surface area contributed by atoms with Gasteiger partial charge in [-0.1, -0.05) is 127 Å². The number of nitrogens with zero attached hydrogens (tertiary/aromatic N) is 3. The zero-order valence-corrected chi connectivity index (χ0v) is 31.9. The number of hydrogen-bond donors (Lipinski definition) is 1. The molecule has 4 heterocycles. The van der Waals surface area contributed by atoms with E-state index in [1.165, 1.54) is 10.9 Å². The van der Waals surface area contributed by atoms with Crippen molar-refractivity contribution in [1.82, 2.24) is 20.3 Å². The summed E-state index contributed by atoms with van der Waals surface area (Å²) in [7, 11) is -3.16. The molecule has 0 aliphatic carbocycles. The maximum absolute atomic E-state index is 15.3. The summed E-state index contributed by atoms with van der Waals surface area (Å²) in [5.74, 6) is 0. The molecule has 0 radical (unpaired) electrons. The van der Waals surface area contributed by atoms with Crippen molar-refractivity contribution in [2.75, 3.05) is 0 Å². The van der Waals surface area contributed by atoms with Crippen LogP contribution in [0.1, 0.15) is 22.9 Å². The summed E-state index contributed by atoms with van der Waals surface area (Å²) in [6.07, 6.45) is 10.1. The predicted molar refractivity (Wildman–Crippen MR) is 234 cm³/mol. The summed E-state index contributed by atoms with van der Waals surface area (Å²) in [6, 6.07) is 48.8. The molecule has 10 rings (SSSR count). The second kappa shape index (κ2) is 13.6. The largest absolute Gasteiger partial charge is 0.379 e. The van der Waals surface area contributed by atoms with Crippen LogP contribution in [0, 0.1) is 13.8 Å². The Bertz CT molecular complexity index is 3060. The Morgan fingerprint density at radius 3 is 1.95 bits per heavy atom. The number of aryl methyl sites for hydroxylation is 2. The van der Waals surface area contributed by atoms with Gasteiger partial charge >= 0.3 is 0 Å². The van der Waals surface area contributed by atoms with Crippen molar-refractivity contribution in [3.8, 4) is 22.5 Å². The van der Waals surface area contributed by atoms with Crippen molar-refractivity contribution in [2.24, 2.45) is 0 Å². The van der Waals surface area contributed by atoms with Crippen LogP contribution in [-0.4, -0.2) is 15.0 Å². The van der Waals surface area contributed by atoms with Gasteiger partial charge in [0.25, 0.3) is 0 Å². The first kappa shape index (κ1) is 33.9. The van der Waals surface area contributed by atoms with E-state index in [1.807, 2.05) is 116 Å². The third-order valence-electron chi connectivity index (χ3n) is 11.2. The van der Waals surface area contributed by atoms with Gasteiger partial charge in [-0.15, -0.1) is 0 Å². The van der Waals surface area contributed by atoms with Crippen molar-refractivity contribution < 1.29 is 4.57 Å². The highest BCUT2D eigenvalue weighted by Crippen LogP contribution is 2.46. The van der Waals surface area contributed by atoms with Crippen molar-refractivity contribution in [2.45, 2.75) is 19.9 Å². The molecule has 1 atom stereocenters. The zero-order chi connectivity index (χ0) is 37.8. The number of nitrogens with one attached hydrogen (secondary N) is 1. The molecule has 1 unspecified atom stereocenters. The molecule has 0 amide bonds. The number of para-hydroxylation sites is 1. The summed E-state index contributed by atoms with van der Waals surface area (Å²) in [4.78, 5) is 15.6. The minimum atomic E-state index is -3.16. The summed E-state index contributed by atoms with van der Waals surface area (Å²) < 4.78 is 15.3. The molecule has 0 spiro atoms. The fourth-order valence-electron chi connectivity index (χ4n) is 8.58. The third-order valence-corrected chi connectivity index (χ3v) is 14.2. The van der Waals surface area contributed by atoms with E-state index in [0.717, 1.165) is 87.7 Å². The topological polar surface area (TPSA) is 67.8 Å². The van der Waals surface area contributed by atoms with E-state index < -0.39 is 7.14 Å². The van der Waals surface area contributed by atoms with Crippen molar-refractivity contribution in [3.63, 3.8) is 0 Å². The lowest BCUT2D eigenvalue weighted by Gasteiger charge is -2.24. The highest BCUT2D eigenvalue weighted by Gasteiger charge is 2.30. The second-order valence-corrected chi connectivity index (χ2v) is 17.2. The summed E-state index contributed by atoms with van der Waals surface area (Å²) >= 11 is 0. The summed E-state index contributed by atoms with van der Waals surface area (Å²) in [5.41, 5.74) is 8.82. The molecule has 9 aromatic rings. The molecule has 6 heteroatoms. The predicted octanol–water partition coefficient (Wildman–Crippen LogP) is 10.8. The lowest BCUT2D eigenvalue weighted by Crippen LogP contribution is -2.25. The quantitative estimate of drug-likeness (QED) is 0.104. The van der Waals surface area contributed by atoms with E-state index in [-0.39, 0.29) is 6.04 Å². The fraction of sp³-hybridized carbons (Fsp3) is 0.0600. The Balaban J connectivity index is 1.25. The molecule has 1 aliphatic rings. The number of benzene rings is 6. The van der Waals surface area contributed by atoms with E-state index in [9.17, 15) is 0 Å². The smallest absolute Gasteiger partial charge is 0.171 e. The summed E-state index contributed by atoms with van der Waals surface area (Å²) in [6.45, 7) is 4.46. The van der Waals surface area contributed by atoms with Crippen LogP contribution >= 0.6 is 7.14 Å². The van der Waals surface area contributed by atoms with Gasteiger partial charge in [0.05, 0.1) is 34.2 Å². The molecule has 56 heavy (non-hydrogen) atoms. The Kier molecular flexibility index (Phi) is 8.20. The first-order valence-corrected chi connectivity index (χ1v) is 20.6. The average molecular weight is 741 g/mol. The highest BCUT2D eigenvalue weighted by atomic mass is 31.2. The van der Waals surface area contributed by atoms with Gasteiger partial charge in [0.1, 0.15) is 0 Å². The number of rotatable bonds is 6. The monoisotopic (exact) mass is 740 g/mol. The zero-order valence-electron chi connectivity index (χ0n) is 31.0. The van der Waals surface area contributed by atoms with Crippen LogP contribution in [0.5, 0.6) is 0 Å². The number of fused-ring (bicyclic) bond motifs is 6. The molecule has 0 fully saturated rings. The molecular weight excluding hydrogens is 704 g/mol. The normalized spacial score (nSPS) is 14.1. The molecule has 0 saturated carbocycles. The first-order valence-electron chi connectivity index (χ1n) is 18.9. The minimum absolute atomic E-state index is 0.125. The van der Waals surface area contributed by atoms with E-state index >= 15 is 4.57 Å². The number of pyridine rings is 3. The van der Waals surface area contributed by atoms with Gasteiger partial charge in [0.15, 0.2) is 7.14 Å². The van der Waals surface area contributed by atoms with Gasteiger partial charge in [0, 0.05) is 43.7 Å². The molecular formula is C50H37N4OP. The van der Waals surface area contributed by atoms with E-state index in [4.69, 9.17) is 15.0 Å². The van der Waals surface area contributed by atoms with Crippen LogP contribution in [0.2, 0.25) is 0 Å². The highest BCUT2D eigenvalue weighted by molar-refractivity contribution is 7.85. The van der Waals surface area contributed by atoms with Gasteiger partial charge in [-0.2, -0.15) is 0 Å². The molecule has 0 bridgehead atoms. The van der Waals surface area contributed by atoms with Crippen LogP contribution in [0.25, 0.3) is 65.9 Å². The van der Waals surface area contributed by atoms with Gasteiger partial charge < -0.3 is 9.88 Å². The van der Waals surface area contributed by atoms with Gasteiger partial charge in [-0.3, -0.25) is 4.98 Å². The van der Waals surface area contributed by atoms with E-state index in [1.54, 1.807) is 0 Å². The Morgan fingerprint density at radius 1 is 0.554 bits per heavy atom. The lowest BCUT2D eigenvalue weighted by atomic mass is 9.86. The SMILES string of the molecule is Cc1c2c(C3C=CC=CN3)nc3cc(-c4cccc(P(=O)(c5ccccc5)c5ccccc5)c4)ccc3c2c(C)c2c(-c3ccccn3)nc3ccccc3c12. The van der Waals surface area contributed by atoms with Crippen molar-refractivity contribution >= 4 is 66.4 Å². The lowest BCUT2D eigenvalue weighted by molar-refractivity contribution is 0.592. The van der Waals surface area contributed by atoms with Crippen LogP contribution in [0.3, 0.4) is 0 Å². The van der Waals surface area contributed by atoms with Crippen LogP contribution in [0.15, 0.2) is 176 Å². The molecule has 6 aromatic carbocycles. The van der Waals surface area contributed by atoms with Crippen LogP contribution in [-0.2, 0) is 4.57 Å². The Hall–Kier alpha value is -6.68. The van der Waals surface area contributed by atoms with Crippen LogP contribution in [0.4, 0.5) is 0 Å². The maximum Gasteiger partial charge on any atom is 0.171 e. The average Bonchev–Trinajstić information content (AvgIpc) is 3.27. The third kappa shape index (κ3) is 5.38. The Morgan fingerprint density at radius 2 is 1.21 bits per heavy atom. The van der Waals surface area contributed by atoms with Crippen molar-refractivity contribution in [3.05, 3.63) is 193 Å². The standard InChI is InChI=1S/C50H37N4OP/c1-32-45-39-22-9-10-23-41(39)53-49(42-24-11-13-28-51-42)47(45)33(2)46-40-27-26-35(31-44(40)54-50(48(32)46)43-25-12-14-29-52-43)34-16-15-21-38(30-34)56(55,36-17-5-3-6-18-36)37-19-7-4-8-20-37/h3-31,43,52H,1-2H3.